The van der Waals surface area contributed by atoms with Crippen LogP contribution in [0.1, 0.15) is 43.8 Å². The quantitative estimate of drug-likeness (QED) is 0.921. The minimum Gasteiger partial charge on any atom is -0.495 e. The number of rotatable bonds is 4. The first-order valence-electron chi connectivity index (χ1n) is 8.46. The van der Waals surface area contributed by atoms with E-state index >= 15 is 0 Å². The zero-order chi connectivity index (χ0) is 14.4. The Morgan fingerprint density at radius 1 is 1.14 bits per heavy atom. The maximum atomic E-state index is 5.57. The lowest BCUT2D eigenvalue weighted by Crippen LogP contribution is -2.49. The molecule has 4 bridgehead atoms. The highest BCUT2D eigenvalue weighted by molar-refractivity contribution is 5.30. The molecule has 4 aliphatic carbocycles. The molecule has 0 saturated heterocycles. The Labute approximate surface area is 127 Å². The highest BCUT2D eigenvalue weighted by Gasteiger charge is 2.51. The van der Waals surface area contributed by atoms with Gasteiger partial charge in [0.25, 0.3) is 0 Å². The molecule has 1 aromatic heterocycles. The average Bonchev–Trinajstić information content (AvgIpc) is 2.50. The van der Waals surface area contributed by atoms with Crippen molar-refractivity contribution in [2.75, 3.05) is 14.2 Å². The molecule has 4 saturated carbocycles. The van der Waals surface area contributed by atoms with E-state index in [1.165, 1.54) is 32.1 Å². The van der Waals surface area contributed by atoms with Gasteiger partial charge in [0.15, 0.2) is 0 Å². The lowest BCUT2D eigenvalue weighted by molar-refractivity contribution is -0.0523. The smallest absolute Gasteiger partial charge is 0.141 e. The molecule has 1 atom stereocenters. The van der Waals surface area contributed by atoms with Gasteiger partial charge in [0, 0.05) is 6.20 Å². The van der Waals surface area contributed by atoms with Crippen LogP contribution in [0.4, 0.5) is 0 Å². The van der Waals surface area contributed by atoms with Crippen molar-refractivity contribution < 1.29 is 4.74 Å². The van der Waals surface area contributed by atoms with E-state index in [-0.39, 0.29) is 0 Å². The Bertz CT molecular complexity index is 488. The molecule has 1 heterocycles. The molecule has 0 amide bonds. The second-order valence-corrected chi connectivity index (χ2v) is 7.37. The van der Waals surface area contributed by atoms with E-state index in [1.54, 1.807) is 7.11 Å². The highest BCUT2D eigenvalue weighted by Crippen LogP contribution is 2.59. The number of aromatic nitrogens is 1. The third kappa shape index (κ3) is 2.17. The lowest BCUT2D eigenvalue weighted by atomic mass is 9.50. The van der Waals surface area contributed by atoms with E-state index in [1.807, 2.05) is 18.3 Å². The van der Waals surface area contributed by atoms with Crippen LogP contribution in [0.15, 0.2) is 18.3 Å². The van der Waals surface area contributed by atoms with E-state index in [4.69, 9.17) is 4.74 Å². The van der Waals surface area contributed by atoms with Crippen molar-refractivity contribution in [3.8, 4) is 5.75 Å². The molecular formula is C18H26N2O. The summed E-state index contributed by atoms with van der Waals surface area (Å²) in [6, 6.07) is 4.35. The first kappa shape index (κ1) is 13.6. The molecule has 114 valence electrons. The highest BCUT2D eigenvalue weighted by atomic mass is 16.5. The molecule has 5 rings (SSSR count). The summed E-state index contributed by atoms with van der Waals surface area (Å²) in [6.45, 7) is 0. The van der Waals surface area contributed by atoms with Gasteiger partial charge < -0.3 is 10.1 Å². The molecule has 4 fully saturated rings. The van der Waals surface area contributed by atoms with Gasteiger partial charge in [-0.3, -0.25) is 4.98 Å². The van der Waals surface area contributed by atoms with Gasteiger partial charge in [0.2, 0.25) is 0 Å². The monoisotopic (exact) mass is 286 g/mol. The fraction of sp³-hybridized carbons (Fsp3) is 0.722. The Morgan fingerprint density at radius 3 is 2.38 bits per heavy atom. The van der Waals surface area contributed by atoms with Crippen molar-refractivity contribution >= 4 is 0 Å². The number of methoxy groups -OCH3 is 1. The maximum Gasteiger partial charge on any atom is 0.141 e. The second kappa shape index (κ2) is 5.28. The minimum atomic E-state index is 0.344. The van der Waals surface area contributed by atoms with E-state index in [0.29, 0.717) is 6.04 Å². The van der Waals surface area contributed by atoms with Crippen LogP contribution in [0.3, 0.4) is 0 Å². The average molecular weight is 286 g/mol. The summed E-state index contributed by atoms with van der Waals surface area (Å²) in [4.78, 5) is 4.67. The van der Waals surface area contributed by atoms with Crippen molar-refractivity contribution in [2.24, 2.45) is 29.6 Å². The van der Waals surface area contributed by atoms with E-state index in [2.05, 4.69) is 17.3 Å². The van der Waals surface area contributed by atoms with Crippen LogP contribution in [0.5, 0.6) is 5.75 Å². The third-order valence-corrected chi connectivity index (χ3v) is 6.31. The summed E-state index contributed by atoms with van der Waals surface area (Å²) in [6.07, 6.45) is 9.21. The summed E-state index contributed by atoms with van der Waals surface area (Å²) in [7, 11) is 3.84. The van der Waals surface area contributed by atoms with Gasteiger partial charge in [0.05, 0.1) is 18.8 Å². The van der Waals surface area contributed by atoms with Crippen LogP contribution >= 0.6 is 0 Å². The zero-order valence-electron chi connectivity index (χ0n) is 13.1. The van der Waals surface area contributed by atoms with Gasteiger partial charge in [-0.2, -0.15) is 0 Å². The topological polar surface area (TPSA) is 34.2 Å². The second-order valence-electron chi connectivity index (χ2n) is 7.37. The van der Waals surface area contributed by atoms with Crippen LogP contribution in [-0.4, -0.2) is 19.1 Å². The number of pyridine rings is 1. The van der Waals surface area contributed by atoms with Crippen molar-refractivity contribution in [3.63, 3.8) is 0 Å². The summed E-state index contributed by atoms with van der Waals surface area (Å²) < 4.78 is 5.57. The Morgan fingerprint density at radius 2 is 1.81 bits per heavy atom. The number of nitrogens with zero attached hydrogens (tertiary/aromatic N) is 1. The van der Waals surface area contributed by atoms with E-state index < -0.39 is 0 Å². The van der Waals surface area contributed by atoms with Crippen molar-refractivity contribution in [2.45, 2.75) is 38.1 Å². The van der Waals surface area contributed by atoms with Gasteiger partial charge in [-0.05, 0) is 80.9 Å². The summed E-state index contributed by atoms with van der Waals surface area (Å²) in [5.74, 6) is 5.51. The number of hydrogen-bond donors (Lipinski definition) is 1. The molecule has 3 heteroatoms. The largest absolute Gasteiger partial charge is 0.495 e. The molecule has 0 aromatic carbocycles. The van der Waals surface area contributed by atoms with Crippen LogP contribution in [0.2, 0.25) is 0 Å². The standard InChI is InChI=1S/C18H26N2O/c1-19-18(17-15(21-2)4-3-5-20-17)16-13-7-11-6-12(9-13)10-14(16)8-11/h3-5,11-14,16,18-19H,6-10H2,1-2H3. The molecule has 0 spiro atoms. The van der Waals surface area contributed by atoms with Crippen molar-refractivity contribution in [1.29, 1.82) is 0 Å². The van der Waals surface area contributed by atoms with Gasteiger partial charge >= 0.3 is 0 Å². The Kier molecular flexibility index (Phi) is 3.41. The number of hydrogen-bond acceptors (Lipinski definition) is 3. The van der Waals surface area contributed by atoms with Gasteiger partial charge in [-0.15, -0.1) is 0 Å². The summed E-state index contributed by atoms with van der Waals surface area (Å²) >= 11 is 0. The van der Waals surface area contributed by atoms with Crippen molar-refractivity contribution in [1.82, 2.24) is 10.3 Å². The first-order chi connectivity index (χ1) is 10.3. The van der Waals surface area contributed by atoms with Gasteiger partial charge in [0.1, 0.15) is 5.75 Å². The molecule has 3 nitrogen and oxygen atoms in total. The zero-order valence-corrected chi connectivity index (χ0v) is 13.1. The first-order valence-corrected chi connectivity index (χ1v) is 8.46. The van der Waals surface area contributed by atoms with Crippen LogP contribution in [0.25, 0.3) is 0 Å². The van der Waals surface area contributed by atoms with Crippen molar-refractivity contribution in [3.05, 3.63) is 24.0 Å². The maximum absolute atomic E-state index is 5.57. The minimum absolute atomic E-state index is 0.344. The van der Waals surface area contributed by atoms with Gasteiger partial charge in [-0.1, -0.05) is 0 Å². The molecule has 0 radical (unpaired) electrons. The fourth-order valence-electron chi connectivity index (χ4n) is 5.83. The molecule has 1 unspecified atom stereocenters. The normalized spacial score (nSPS) is 38.5. The summed E-state index contributed by atoms with van der Waals surface area (Å²) in [5, 5.41) is 3.58. The molecule has 0 aliphatic heterocycles. The van der Waals surface area contributed by atoms with Gasteiger partial charge in [-0.25, -0.2) is 0 Å². The van der Waals surface area contributed by atoms with Crippen LogP contribution < -0.4 is 10.1 Å². The predicted molar refractivity (Wildman–Crippen MR) is 83.1 cm³/mol. The summed E-state index contributed by atoms with van der Waals surface area (Å²) in [5.41, 5.74) is 1.11. The predicted octanol–water partition coefficient (Wildman–Crippen LogP) is 3.42. The molecule has 1 aromatic rings. The fourth-order valence-corrected chi connectivity index (χ4v) is 5.83. The molecule has 1 N–H and O–H groups in total. The molecule has 21 heavy (non-hydrogen) atoms. The van der Waals surface area contributed by atoms with Crippen LogP contribution in [0, 0.1) is 29.6 Å². The van der Waals surface area contributed by atoms with E-state index in [0.717, 1.165) is 41.0 Å². The number of nitrogens with one attached hydrogen (secondary N) is 1. The SMILES string of the molecule is CNC(c1ncccc1OC)C1C2CC3CC(C2)CC1C3. The van der Waals surface area contributed by atoms with E-state index in [9.17, 15) is 0 Å². The number of ether oxygens (including phenoxy) is 1. The Balaban J connectivity index is 1.67. The lowest BCUT2D eigenvalue weighted by Gasteiger charge is -2.56. The molecular weight excluding hydrogens is 260 g/mol. The Hall–Kier alpha value is -1.09. The third-order valence-electron chi connectivity index (χ3n) is 6.31. The van der Waals surface area contributed by atoms with Crippen LogP contribution in [-0.2, 0) is 0 Å². The molecule has 4 aliphatic rings.